The Labute approximate surface area is 167 Å². The van der Waals surface area contributed by atoms with E-state index in [-0.39, 0.29) is 11.6 Å². The summed E-state index contributed by atoms with van der Waals surface area (Å²) >= 11 is 4.54. The Morgan fingerprint density at radius 3 is 2.25 bits per heavy atom. The van der Waals surface area contributed by atoms with Gasteiger partial charge in [-0.3, -0.25) is 4.98 Å². The first kappa shape index (κ1) is 20.6. The SMILES string of the molecule is Fc1ccc(-c2nc(Br)c(-c3ccc(OCC(F)(F)C(F)(F)F)cn3)s2)cc1. The van der Waals surface area contributed by atoms with E-state index in [1.807, 2.05) is 0 Å². The quantitative estimate of drug-likeness (QED) is 0.397. The van der Waals surface area contributed by atoms with E-state index in [0.717, 1.165) is 6.20 Å². The molecule has 3 nitrogen and oxygen atoms in total. The Balaban J connectivity index is 1.76. The number of nitrogens with zero attached hydrogens (tertiary/aromatic N) is 2. The molecular formula is C17H9BrF6N2OS. The van der Waals surface area contributed by atoms with Crippen molar-refractivity contribution >= 4 is 27.3 Å². The van der Waals surface area contributed by atoms with Crippen molar-refractivity contribution in [3.05, 3.63) is 53.0 Å². The number of halogens is 7. The first-order valence-electron chi connectivity index (χ1n) is 7.53. The molecule has 0 saturated heterocycles. The maximum Gasteiger partial charge on any atom is 0.456 e. The van der Waals surface area contributed by atoms with Gasteiger partial charge in [-0.25, -0.2) is 9.37 Å². The summed E-state index contributed by atoms with van der Waals surface area (Å²) in [6.45, 7) is -1.84. The summed E-state index contributed by atoms with van der Waals surface area (Å²) < 4.78 is 80.3. The van der Waals surface area contributed by atoms with Gasteiger partial charge in [0.2, 0.25) is 0 Å². The van der Waals surface area contributed by atoms with Crippen molar-refractivity contribution < 1.29 is 31.1 Å². The summed E-state index contributed by atoms with van der Waals surface area (Å²) in [5.74, 6) is -5.57. The smallest absolute Gasteiger partial charge is 0.456 e. The van der Waals surface area contributed by atoms with Gasteiger partial charge in [0.05, 0.1) is 16.8 Å². The lowest BCUT2D eigenvalue weighted by Gasteiger charge is -2.19. The van der Waals surface area contributed by atoms with E-state index in [2.05, 4.69) is 30.6 Å². The summed E-state index contributed by atoms with van der Waals surface area (Å²) in [6, 6.07) is 8.37. The standard InChI is InChI=1S/C17H9BrF6N2OS/c18-14-13(28-15(26-14)9-1-3-10(19)4-2-9)12-6-5-11(7-25-12)27-8-16(20,21)17(22,23)24/h1-7H,8H2. The molecule has 0 aliphatic rings. The fraction of sp³-hybridized carbons (Fsp3) is 0.176. The molecule has 3 rings (SSSR count). The van der Waals surface area contributed by atoms with Gasteiger partial charge in [-0.05, 0) is 52.3 Å². The predicted molar refractivity (Wildman–Crippen MR) is 94.9 cm³/mol. The Morgan fingerprint density at radius 1 is 1.00 bits per heavy atom. The lowest BCUT2D eigenvalue weighted by molar-refractivity contribution is -0.290. The molecule has 0 fully saturated rings. The first-order valence-corrected chi connectivity index (χ1v) is 9.14. The molecule has 0 bridgehead atoms. The Hall–Kier alpha value is -2.14. The van der Waals surface area contributed by atoms with Crippen LogP contribution in [0.15, 0.2) is 47.2 Å². The maximum atomic E-state index is 13.0. The number of hydrogen-bond acceptors (Lipinski definition) is 4. The predicted octanol–water partition coefficient (Wildman–Crippen LogP) is 6.35. The van der Waals surface area contributed by atoms with Gasteiger partial charge in [0, 0.05) is 5.56 Å². The van der Waals surface area contributed by atoms with Gasteiger partial charge >= 0.3 is 12.1 Å². The topological polar surface area (TPSA) is 35.0 Å². The maximum absolute atomic E-state index is 13.0. The third-order valence-corrected chi connectivity index (χ3v) is 5.44. The zero-order chi connectivity index (χ0) is 20.5. The van der Waals surface area contributed by atoms with Gasteiger partial charge in [0.1, 0.15) is 21.2 Å². The van der Waals surface area contributed by atoms with Crippen molar-refractivity contribution in [1.82, 2.24) is 9.97 Å². The van der Waals surface area contributed by atoms with Crippen molar-refractivity contribution in [2.45, 2.75) is 12.1 Å². The van der Waals surface area contributed by atoms with Crippen LogP contribution in [0.5, 0.6) is 5.75 Å². The summed E-state index contributed by atoms with van der Waals surface area (Å²) in [5, 5.41) is 0.592. The summed E-state index contributed by atoms with van der Waals surface area (Å²) in [5.41, 5.74) is 1.10. The molecule has 0 amide bonds. The second-order valence-corrected chi connectivity index (χ2v) is 7.27. The molecule has 0 radical (unpaired) electrons. The van der Waals surface area contributed by atoms with E-state index >= 15 is 0 Å². The van der Waals surface area contributed by atoms with Crippen LogP contribution in [0.1, 0.15) is 0 Å². The highest BCUT2D eigenvalue weighted by molar-refractivity contribution is 9.10. The van der Waals surface area contributed by atoms with E-state index < -0.39 is 18.7 Å². The van der Waals surface area contributed by atoms with Crippen LogP contribution in [0.4, 0.5) is 26.3 Å². The van der Waals surface area contributed by atoms with E-state index in [4.69, 9.17) is 0 Å². The molecule has 0 spiro atoms. The first-order chi connectivity index (χ1) is 13.1. The molecule has 3 aromatic rings. The summed E-state index contributed by atoms with van der Waals surface area (Å²) in [6.07, 6.45) is -4.64. The zero-order valence-corrected chi connectivity index (χ0v) is 16.0. The van der Waals surface area contributed by atoms with Gasteiger partial charge in [-0.1, -0.05) is 0 Å². The molecule has 28 heavy (non-hydrogen) atoms. The van der Waals surface area contributed by atoms with Gasteiger partial charge in [0.25, 0.3) is 0 Å². The second kappa shape index (κ2) is 7.70. The zero-order valence-electron chi connectivity index (χ0n) is 13.6. The third kappa shape index (κ3) is 4.46. The lowest BCUT2D eigenvalue weighted by atomic mass is 10.2. The average molecular weight is 483 g/mol. The fourth-order valence-electron chi connectivity index (χ4n) is 2.03. The van der Waals surface area contributed by atoms with E-state index in [0.29, 0.717) is 25.7 Å². The largest absolute Gasteiger partial charge is 0.485 e. The molecule has 0 aliphatic heterocycles. The van der Waals surface area contributed by atoms with Crippen LogP contribution in [0.2, 0.25) is 0 Å². The summed E-state index contributed by atoms with van der Waals surface area (Å²) in [7, 11) is 0. The van der Waals surface area contributed by atoms with Crippen molar-refractivity contribution in [3.63, 3.8) is 0 Å². The molecule has 0 aliphatic carbocycles. The minimum absolute atomic E-state index is 0.230. The number of benzene rings is 1. The van der Waals surface area contributed by atoms with Crippen LogP contribution in [0.25, 0.3) is 21.1 Å². The minimum Gasteiger partial charge on any atom is -0.485 e. The van der Waals surface area contributed by atoms with Crippen molar-refractivity contribution in [2.24, 2.45) is 0 Å². The Morgan fingerprint density at radius 2 is 1.68 bits per heavy atom. The number of pyridine rings is 1. The molecule has 0 N–H and O–H groups in total. The molecule has 0 atom stereocenters. The Kier molecular flexibility index (Phi) is 5.67. The van der Waals surface area contributed by atoms with Gasteiger partial charge in [-0.2, -0.15) is 22.0 Å². The molecule has 0 saturated carbocycles. The number of alkyl halides is 5. The van der Waals surface area contributed by atoms with Crippen molar-refractivity contribution in [1.29, 1.82) is 0 Å². The number of thiazole rings is 1. The molecule has 2 aromatic heterocycles. The molecule has 1 aromatic carbocycles. The highest BCUT2D eigenvalue weighted by Crippen LogP contribution is 2.38. The van der Waals surface area contributed by atoms with Gasteiger partial charge in [-0.15, -0.1) is 11.3 Å². The van der Waals surface area contributed by atoms with E-state index in [1.165, 1.54) is 35.6 Å². The highest BCUT2D eigenvalue weighted by Gasteiger charge is 2.58. The molecular weight excluding hydrogens is 474 g/mol. The summed E-state index contributed by atoms with van der Waals surface area (Å²) in [4.78, 5) is 8.95. The van der Waals surface area contributed by atoms with Crippen molar-refractivity contribution in [3.8, 4) is 26.9 Å². The van der Waals surface area contributed by atoms with Crippen LogP contribution < -0.4 is 4.74 Å². The number of ether oxygens (including phenoxy) is 1. The molecule has 2 heterocycles. The van der Waals surface area contributed by atoms with Crippen molar-refractivity contribution in [2.75, 3.05) is 6.61 Å². The van der Waals surface area contributed by atoms with Crippen LogP contribution in [0.3, 0.4) is 0 Å². The van der Waals surface area contributed by atoms with Gasteiger partial charge < -0.3 is 4.74 Å². The van der Waals surface area contributed by atoms with E-state index in [1.54, 1.807) is 12.1 Å². The average Bonchev–Trinajstić information content (AvgIpc) is 3.02. The fourth-order valence-corrected chi connectivity index (χ4v) is 3.71. The minimum atomic E-state index is -5.69. The number of aromatic nitrogens is 2. The van der Waals surface area contributed by atoms with Crippen LogP contribution in [-0.4, -0.2) is 28.7 Å². The number of hydrogen-bond donors (Lipinski definition) is 0. The monoisotopic (exact) mass is 482 g/mol. The van der Waals surface area contributed by atoms with E-state index in [9.17, 15) is 26.3 Å². The van der Waals surface area contributed by atoms with Crippen LogP contribution >= 0.6 is 27.3 Å². The molecule has 0 unspecified atom stereocenters. The van der Waals surface area contributed by atoms with Gasteiger partial charge in [0.15, 0.2) is 6.61 Å². The molecule has 11 heteroatoms. The van der Waals surface area contributed by atoms with Crippen LogP contribution in [0, 0.1) is 5.82 Å². The highest BCUT2D eigenvalue weighted by atomic mass is 79.9. The lowest BCUT2D eigenvalue weighted by Crippen LogP contribution is -2.41. The normalized spacial score (nSPS) is 12.2. The molecule has 148 valence electrons. The third-order valence-electron chi connectivity index (χ3n) is 3.48. The second-order valence-electron chi connectivity index (χ2n) is 5.52. The number of rotatable bonds is 5. The Bertz CT molecular complexity index is 957. The van der Waals surface area contributed by atoms with Crippen LogP contribution in [-0.2, 0) is 0 Å².